The van der Waals surface area contributed by atoms with Gasteiger partial charge in [0.2, 0.25) is 0 Å². The van der Waals surface area contributed by atoms with E-state index < -0.39 is 0 Å². The molecule has 5 heteroatoms. The molecule has 0 aliphatic carbocycles. The Kier molecular flexibility index (Phi) is 3.25. The van der Waals surface area contributed by atoms with E-state index in [0.717, 1.165) is 50.7 Å². The highest BCUT2D eigenvalue weighted by atomic mass is 16.5. The number of rotatable bonds is 3. The summed E-state index contributed by atoms with van der Waals surface area (Å²) in [5.41, 5.74) is 2.16. The van der Waals surface area contributed by atoms with Crippen LogP contribution in [0.4, 0.5) is 0 Å². The van der Waals surface area contributed by atoms with Crippen LogP contribution in [-0.2, 0) is 11.2 Å². The van der Waals surface area contributed by atoms with Crippen LogP contribution in [0, 0.1) is 6.92 Å². The maximum Gasteiger partial charge on any atom is 0.160 e. The van der Waals surface area contributed by atoms with Crippen LogP contribution in [0.25, 0.3) is 5.65 Å². The minimum atomic E-state index is 0.847. The number of aryl methyl sites for hydroxylation is 1. The molecule has 2 aromatic rings. The molecule has 0 radical (unpaired) electrons. The van der Waals surface area contributed by atoms with E-state index in [1.807, 2.05) is 6.07 Å². The van der Waals surface area contributed by atoms with Crippen LogP contribution in [0.1, 0.15) is 11.4 Å². The Morgan fingerprint density at radius 2 is 2.06 bits per heavy atom. The fourth-order valence-corrected chi connectivity index (χ4v) is 2.30. The highest BCUT2D eigenvalue weighted by molar-refractivity contribution is 5.39. The molecule has 2 aromatic heterocycles. The minimum absolute atomic E-state index is 0.847. The SMILES string of the molecule is Cc1ccc2nnc(CCN3CCOCC3)n2c1. The van der Waals surface area contributed by atoms with E-state index in [1.165, 1.54) is 5.56 Å². The maximum atomic E-state index is 5.35. The summed E-state index contributed by atoms with van der Waals surface area (Å²) in [6, 6.07) is 4.08. The molecule has 3 rings (SSSR count). The smallest absolute Gasteiger partial charge is 0.160 e. The summed E-state index contributed by atoms with van der Waals surface area (Å²) in [6.07, 6.45) is 3.04. The Morgan fingerprint density at radius 3 is 2.89 bits per heavy atom. The zero-order valence-corrected chi connectivity index (χ0v) is 10.7. The molecule has 1 fully saturated rings. The molecule has 96 valence electrons. The number of nitrogens with zero attached hydrogens (tertiary/aromatic N) is 4. The van der Waals surface area contributed by atoms with Crippen molar-refractivity contribution < 1.29 is 4.74 Å². The summed E-state index contributed by atoms with van der Waals surface area (Å²) in [5, 5.41) is 8.47. The molecule has 18 heavy (non-hydrogen) atoms. The van der Waals surface area contributed by atoms with Crippen molar-refractivity contribution in [2.24, 2.45) is 0 Å². The minimum Gasteiger partial charge on any atom is -0.379 e. The standard InChI is InChI=1S/C13H18N4O/c1-11-2-3-12-14-15-13(17(12)10-11)4-5-16-6-8-18-9-7-16/h2-3,10H,4-9H2,1H3. The van der Waals surface area contributed by atoms with Crippen LogP contribution in [0.2, 0.25) is 0 Å². The molecule has 1 saturated heterocycles. The first-order valence-electron chi connectivity index (χ1n) is 6.43. The number of pyridine rings is 1. The molecule has 0 bridgehead atoms. The van der Waals surface area contributed by atoms with Crippen molar-refractivity contribution in [1.29, 1.82) is 0 Å². The highest BCUT2D eigenvalue weighted by Crippen LogP contribution is 2.07. The number of hydrogen-bond donors (Lipinski definition) is 0. The zero-order valence-electron chi connectivity index (χ0n) is 10.7. The van der Waals surface area contributed by atoms with Gasteiger partial charge in [-0.2, -0.15) is 0 Å². The van der Waals surface area contributed by atoms with Gasteiger partial charge < -0.3 is 4.74 Å². The zero-order chi connectivity index (χ0) is 12.4. The van der Waals surface area contributed by atoms with Crippen molar-refractivity contribution in [3.05, 3.63) is 29.7 Å². The second-order valence-electron chi connectivity index (χ2n) is 4.75. The molecule has 0 atom stereocenters. The normalized spacial score (nSPS) is 17.4. The third-order valence-electron chi connectivity index (χ3n) is 3.38. The summed E-state index contributed by atoms with van der Waals surface area (Å²) < 4.78 is 7.44. The van der Waals surface area contributed by atoms with Gasteiger partial charge in [0.1, 0.15) is 5.82 Å². The van der Waals surface area contributed by atoms with E-state index in [9.17, 15) is 0 Å². The maximum absolute atomic E-state index is 5.35. The molecule has 0 saturated carbocycles. The van der Waals surface area contributed by atoms with Crippen LogP contribution in [-0.4, -0.2) is 52.3 Å². The second kappa shape index (κ2) is 5.04. The third kappa shape index (κ3) is 2.37. The van der Waals surface area contributed by atoms with E-state index >= 15 is 0 Å². The number of fused-ring (bicyclic) bond motifs is 1. The van der Waals surface area contributed by atoms with E-state index in [2.05, 4.69) is 38.7 Å². The summed E-state index contributed by atoms with van der Waals surface area (Å²) in [7, 11) is 0. The van der Waals surface area contributed by atoms with Gasteiger partial charge in [0.15, 0.2) is 5.65 Å². The summed E-state index contributed by atoms with van der Waals surface area (Å²) in [6.45, 7) is 6.86. The summed E-state index contributed by atoms with van der Waals surface area (Å²) in [4.78, 5) is 2.42. The molecular formula is C13H18N4O. The Labute approximate surface area is 106 Å². The largest absolute Gasteiger partial charge is 0.379 e. The van der Waals surface area contributed by atoms with Gasteiger partial charge in [-0.05, 0) is 18.6 Å². The number of hydrogen-bond acceptors (Lipinski definition) is 4. The lowest BCUT2D eigenvalue weighted by Crippen LogP contribution is -2.37. The second-order valence-corrected chi connectivity index (χ2v) is 4.75. The topological polar surface area (TPSA) is 42.7 Å². The summed E-state index contributed by atoms with van der Waals surface area (Å²) in [5.74, 6) is 1.04. The van der Waals surface area contributed by atoms with Gasteiger partial charge in [0, 0.05) is 32.3 Å². The molecule has 3 heterocycles. The quantitative estimate of drug-likeness (QED) is 0.807. The molecule has 1 aliphatic heterocycles. The number of aromatic nitrogens is 3. The molecular weight excluding hydrogens is 228 g/mol. The van der Waals surface area contributed by atoms with E-state index in [0.29, 0.717) is 0 Å². The number of morpholine rings is 1. The molecule has 0 aromatic carbocycles. The first-order valence-corrected chi connectivity index (χ1v) is 6.43. The molecule has 5 nitrogen and oxygen atoms in total. The van der Waals surface area contributed by atoms with Crippen LogP contribution in [0.15, 0.2) is 18.3 Å². The van der Waals surface area contributed by atoms with Crippen molar-refractivity contribution in [2.75, 3.05) is 32.8 Å². The van der Waals surface area contributed by atoms with Gasteiger partial charge in [-0.1, -0.05) is 6.07 Å². The summed E-state index contributed by atoms with van der Waals surface area (Å²) >= 11 is 0. The lowest BCUT2D eigenvalue weighted by molar-refractivity contribution is 0.0382. The highest BCUT2D eigenvalue weighted by Gasteiger charge is 2.12. The van der Waals surface area contributed by atoms with Crippen LogP contribution in [0.3, 0.4) is 0 Å². The van der Waals surface area contributed by atoms with Crippen molar-refractivity contribution in [3.63, 3.8) is 0 Å². The van der Waals surface area contributed by atoms with E-state index in [4.69, 9.17) is 4.74 Å². The molecule has 0 N–H and O–H groups in total. The predicted octanol–water partition coefficient (Wildman–Crippen LogP) is 0.912. The van der Waals surface area contributed by atoms with Crippen LogP contribution >= 0.6 is 0 Å². The van der Waals surface area contributed by atoms with Gasteiger partial charge in [0.05, 0.1) is 13.2 Å². The third-order valence-corrected chi connectivity index (χ3v) is 3.38. The first-order chi connectivity index (χ1) is 8.83. The van der Waals surface area contributed by atoms with Crippen molar-refractivity contribution in [3.8, 4) is 0 Å². The lowest BCUT2D eigenvalue weighted by Gasteiger charge is -2.26. The van der Waals surface area contributed by atoms with Crippen molar-refractivity contribution in [1.82, 2.24) is 19.5 Å². The molecule has 0 unspecified atom stereocenters. The van der Waals surface area contributed by atoms with Gasteiger partial charge in [-0.15, -0.1) is 10.2 Å². The Hall–Kier alpha value is -1.46. The average Bonchev–Trinajstić information content (AvgIpc) is 2.80. The van der Waals surface area contributed by atoms with Gasteiger partial charge >= 0.3 is 0 Å². The number of ether oxygens (including phenoxy) is 1. The monoisotopic (exact) mass is 246 g/mol. The molecule has 0 amide bonds. The molecule has 1 aliphatic rings. The van der Waals surface area contributed by atoms with Crippen LogP contribution < -0.4 is 0 Å². The Bertz CT molecular complexity index is 531. The molecule has 0 spiro atoms. The van der Waals surface area contributed by atoms with Crippen LogP contribution in [0.5, 0.6) is 0 Å². The van der Waals surface area contributed by atoms with Crippen molar-refractivity contribution >= 4 is 5.65 Å². The first kappa shape index (κ1) is 11.6. The predicted molar refractivity (Wildman–Crippen MR) is 68.7 cm³/mol. The Balaban J connectivity index is 1.72. The van der Waals surface area contributed by atoms with Gasteiger partial charge in [-0.25, -0.2) is 0 Å². The fourth-order valence-electron chi connectivity index (χ4n) is 2.30. The van der Waals surface area contributed by atoms with Gasteiger partial charge in [-0.3, -0.25) is 9.30 Å². The fraction of sp³-hybridized carbons (Fsp3) is 0.538. The van der Waals surface area contributed by atoms with Crippen molar-refractivity contribution in [2.45, 2.75) is 13.3 Å². The lowest BCUT2D eigenvalue weighted by atomic mass is 10.3. The average molecular weight is 246 g/mol. The van der Waals surface area contributed by atoms with Gasteiger partial charge in [0.25, 0.3) is 0 Å². The van der Waals surface area contributed by atoms with E-state index in [-0.39, 0.29) is 0 Å². The van der Waals surface area contributed by atoms with E-state index in [1.54, 1.807) is 0 Å². The Morgan fingerprint density at radius 1 is 1.22 bits per heavy atom.